The molecule has 0 spiro atoms. The van der Waals surface area contributed by atoms with Gasteiger partial charge in [0, 0.05) is 29.3 Å². The van der Waals surface area contributed by atoms with Crippen LogP contribution in [0.4, 0.5) is 11.4 Å². The van der Waals surface area contributed by atoms with Crippen LogP contribution in [0.3, 0.4) is 0 Å². The Morgan fingerprint density at radius 1 is 1.61 bits per heavy atom. The Morgan fingerprint density at radius 3 is 2.83 bits per heavy atom. The number of benzene rings is 1. The Morgan fingerprint density at radius 2 is 2.28 bits per heavy atom. The first-order chi connectivity index (χ1) is 8.41. The third kappa shape index (κ3) is 4.05. The standard InChI is InChI=1S/C11H11ClN2O3S/c1-7(15)18-4-2-3-8-5-9(12)6-10(11(8)13)14(16)17/h2-3,5-6H,4,13H2,1H3. The van der Waals surface area contributed by atoms with Gasteiger partial charge in [0.05, 0.1) is 4.92 Å². The molecule has 0 fully saturated rings. The summed E-state index contributed by atoms with van der Waals surface area (Å²) in [7, 11) is 0. The highest BCUT2D eigenvalue weighted by Gasteiger charge is 2.15. The monoisotopic (exact) mass is 286 g/mol. The van der Waals surface area contributed by atoms with E-state index in [1.165, 1.54) is 13.0 Å². The number of halogens is 1. The van der Waals surface area contributed by atoms with Gasteiger partial charge in [-0.2, -0.15) is 0 Å². The molecule has 7 heteroatoms. The molecule has 0 aliphatic rings. The summed E-state index contributed by atoms with van der Waals surface area (Å²) < 4.78 is 0. The van der Waals surface area contributed by atoms with Crippen LogP contribution in [0.1, 0.15) is 12.5 Å². The number of thioether (sulfide) groups is 1. The maximum Gasteiger partial charge on any atom is 0.294 e. The van der Waals surface area contributed by atoms with Crippen molar-refractivity contribution >= 4 is 45.9 Å². The second kappa shape index (κ2) is 6.42. The summed E-state index contributed by atoms with van der Waals surface area (Å²) >= 11 is 6.91. The minimum absolute atomic E-state index is 0.00435. The Kier molecular flexibility index (Phi) is 5.18. The van der Waals surface area contributed by atoms with Crippen LogP contribution in [-0.2, 0) is 4.79 Å². The van der Waals surface area contributed by atoms with Crippen molar-refractivity contribution in [2.24, 2.45) is 0 Å². The Bertz CT molecular complexity index is 517. The smallest absolute Gasteiger partial charge is 0.294 e. The molecule has 5 nitrogen and oxygen atoms in total. The van der Waals surface area contributed by atoms with E-state index in [-0.39, 0.29) is 21.5 Å². The van der Waals surface area contributed by atoms with Gasteiger partial charge in [-0.05, 0) is 6.07 Å². The van der Waals surface area contributed by atoms with Crippen molar-refractivity contribution in [3.8, 4) is 0 Å². The lowest BCUT2D eigenvalue weighted by atomic mass is 10.1. The molecule has 0 atom stereocenters. The summed E-state index contributed by atoms with van der Waals surface area (Å²) in [6.07, 6.45) is 3.32. The summed E-state index contributed by atoms with van der Waals surface area (Å²) in [4.78, 5) is 20.9. The summed E-state index contributed by atoms with van der Waals surface area (Å²) in [6, 6.07) is 2.75. The maximum absolute atomic E-state index is 10.7. The van der Waals surface area contributed by atoms with Gasteiger partial charge in [-0.15, -0.1) is 0 Å². The minimum atomic E-state index is -0.580. The van der Waals surface area contributed by atoms with Gasteiger partial charge in [0.1, 0.15) is 5.69 Å². The predicted octanol–water partition coefficient (Wildman–Crippen LogP) is 3.12. The van der Waals surface area contributed by atoms with E-state index in [1.807, 2.05) is 0 Å². The van der Waals surface area contributed by atoms with E-state index in [4.69, 9.17) is 17.3 Å². The molecule has 0 unspecified atom stereocenters. The number of rotatable bonds is 4. The third-order valence-corrected chi connectivity index (χ3v) is 3.02. The molecule has 0 heterocycles. The van der Waals surface area contributed by atoms with E-state index < -0.39 is 4.92 Å². The highest BCUT2D eigenvalue weighted by molar-refractivity contribution is 8.13. The fourth-order valence-electron chi connectivity index (χ4n) is 1.25. The number of anilines is 1. The van der Waals surface area contributed by atoms with Gasteiger partial charge < -0.3 is 5.73 Å². The molecule has 0 saturated carbocycles. The highest BCUT2D eigenvalue weighted by Crippen LogP contribution is 2.30. The summed E-state index contributed by atoms with van der Waals surface area (Å²) in [5.41, 5.74) is 5.98. The fraction of sp³-hybridized carbons (Fsp3) is 0.182. The molecular formula is C11H11ClN2O3S. The third-order valence-electron chi connectivity index (χ3n) is 2.03. The molecule has 1 aromatic carbocycles. The molecule has 0 amide bonds. The average Bonchev–Trinajstić information content (AvgIpc) is 2.27. The second-order valence-corrected chi connectivity index (χ2v) is 5.02. The van der Waals surface area contributed by atoms with Crippen LogP contribution in [0.2, 0.25) is 5.02 Å². The van der Waals surface area contributed by atoms with E-state index in [1.54, 1.807) is 18.2 Å². The maximum atomic E-state index is 10.7. The average molecular weight is 287 g/mol. The van der Waals surface area contributed by atoms with Gasteiger partial charge >= 0.3 is 0 Å². The Labute approximate surface area is 113 Å². The number of nitro benzene ring substituents is 1. The molecule has 96 valence electrons. The lowest BCUT2D eigenvalue weighted by Gasteiger charge is -2.02. The van der Waals surface area contributed by atoms with E-state index in [9.17, 15) is 14.9 Å². The zero-order valence-electron chi connectivity index (χ0n) is 9.55. The van der Waals surface area contributed by atoms with Crippen LogP contribution in [-0.4, -0.2) is 15.8 Å². The zero-order valence-corrected chi connectivity index (χ0v) is 11.1. The number of hydrogen-bond acceptors (Lipinski definition) is 5. The molecule has 1 aromatic rings. The van der Waals surface area contributed by atoms with Crippen molar-refractivity contribution in [1.82, 2.24) is 0 Å². The molecule has 1 rings (SSSR count). The minimum Gasteiger partial charge on any atom is -0.393 e. The van der Waals surface area contributed by atoms with E-state index in [0.717, 1.165) is 11.8 Å². The topological polar surface area (TPSA) is 86.2 Å². The Hall–Kier alpha value is -1.53. The Balaban J connectivity index is 2.95. The lowest BCUT2D eigenvalue weighted by molar-refractivity contribution is -0.383. The lowest BCUT2D eigenvalue weighted by Crippen LogP contribution is -1.98. The van der Waals surface area contributed by atoms with Gasteiger partial charge in [-0.3, -0.25) is 14.9 Å². The van der Waals surface area contributed by atoms with Crippen molar-refractivity contribution in [3.63, 3.8) is 0 Å². The van der Waals surface area contributed by atoms with Crippen molar-refractivity contribution < 1.29 is 9.72 Å². The molecular weight excluding hydrogens is 276 g/mol. The molecule has 0 saturated heterocycles. The number of carbonyl (C=O) groups excluding carboxylic acids is 1. The van der Waals surface area contributed by atoms with Crippen LogP contribution in [0.25, 0.3) is 6.08 Å². The fourth-order valence-corrected chi connectivity index (χ4v) is 1.90. The number of hydrogen-bond donors (Lipinski definition) is 1. The highest BCUT2D eigenvalue weighted by atomic mass is 35.5. The van der Waals surface area contributed by atoms with Gasteiger partial charge in [-0.1, -0.05) is 35.5 Å². The van der Waals surface area contributed by atoms with Crippen LogP contribution in [0.15, 0.2) is 18.2 Å². The number of carbonyl (C=O) groups is 1. The number of nitrogen functional groups attached to an aromatic ring is 1. The van der Waals surface area contributed by atoms with Crippen molar-refractivity contribution in [2.75, 3.05) is 11.5 Å². The van der Waals surface area contributed by atoms with Gasteiger partial charge in [0.2, 0.25) is 0 Å². The molecule has 18 heavy (non-hydrogen) atoms. The zero-order chi connectivity index (χ0) is 13.7. The quantitative estimate of drug-likeness (QED) is 0.522. The van der Waals surface area contributed by atoms with E-state index in [2.05, 4.69) is 0 Å². The van der Waals surface area contributed by atoms with Crippen LogP contribution < -0.4 is 5.73 Å². The van der Waals surface area contributed by atoms with Gasteiger partial charge in [-0.25, -0.2) is 0 Å². The molecule has 2 N–H and O–H groups in total. The first-order valence-corrected chi connectivity index (χ1v) is 6.31. The number of nitrogens with zero attached hydrogens (tertiary/aromatic N) is 1. The van der Waals surface area contributed by atoms with Crippen molar-refractivity contribution in [1.29, 1.82) is 0 Å². The number of nitro groups is 1. The predicted molar refractivity (Wildman–Crippen MR) is 74.7 cm³/mol. The summed E-state index contributed by atoms with van der Waals surface area (Å²) in [5, 5.41) is 11.0. The van der Waals surface area contributed by atoms with Gasteiger partial charge in [0.15, 0.2) is 5.12 Å². The summed E-state index contributed by atoms with van der Waals surface area (Å²) in [6.45, 7) is 1.47. The largest absolute Gasteiger partial charge is 0.393 e. The van der Waals surface area contributed by atoms with Crippen molar-refractivity contribution in [3.05, 3.63) is 38.9 Å². The summed E-state index contributed by atoms with van der Waals surface area (Å²) in [5.74, 6) is 0.481. The molecule has 0 aliphatic carbocycles. The van der Waals surface area contributed by atoms with Crippen molar-refractivity contribution in [2.45, 2.75) is 6.92 Å². The molecule has 0 radical (unpaired) electrons. The van der Waals surface area contributed by atoms with Crippen LogP contribution in [0.5, 0.6) is 0 Å². The van der Waals surface area contributed by atoms with Crippen LogP contribution in [0, 0.1) is 10.1 Å². The molecule has 0 bridgehead atoms. The second-order valence-electron chi connectivity index (χ2n) is 3.39. The first-order valence-electron chi connectivity index (χ1n) is 4.95. The van der Waals surface area contributed by atoms with Gasteiger partial charge in [0.25, 0.3) is 5.69 Å². The van der Waals surface area contributed by atoms with E-state index in [0.29, 0.717) is 11.3 Å². The SMILES string of the molecule is CC(=O)SCC=Cc1cc(Cl)cc([N+](=O)[O-])c1N. The normalized spacial score (nSPS) is 10.8. The number of nitrogens with two attached hydrogens (primary N) is 1. The molecule has 0 aliphatic heterocycles. The van der Waals surface area contributed by atoms with E-state index >= 15 is 0 Å². The molecule has 0 aromatic heterocycles. The first kappa shape index (κ1) is 14.5. The van der Waals surface area contributed by atoms with Crippen LogP contribution >= 0.6 is 23.4 Å².